The van der Waals surface area contributed by atoms with Crippen LogP contribution in [0.3, 0.4) is 0 Å². The Balaban J connectivity index is 1.95. The lowest BCUT2D eigenvalue weighted by molar-refractivity contribution is -0.137. The number of aliphatic hydroxyl groups excluding tert-OH is 1. The van der Waals surface area contributed by atoms with E-state index < -0.39 is 35.2 Å². The molecule has 0 aromatic heterocycles. The largest absolute Gasteiger partial charge is 0.508 e. The molecule has 0 spiro atoms. The van der Waals surface area contributed by atoms with Crippen LogP contribution in [0.15, 0.2) is 72.3 Å². The first-order valence-electron chi connectivity index (χ1n) is 10.7. The number of nitrogens with zero attached hydrogens (tertiary/aromatic N) is 1. The van der Waals surface area contributed by atoms with Gasteiger partial charge >= 0.3 is 6.18 Å². The highest BCUT2D eigenvalue weighted by Crippen LogP contribution is 2.44. The molecule has 0 bridgehead atoms. The predicted molar refractivity (Wildman–Crippen MR) is 127 cm³/mol. The van der Waals surface area contributed by atoms with Gasteiger partial charge in [0.15, 0.2) is 0 Å². The SMILES string of the molecule is CCOc1cc(/C(O)=C2\C(=O)C(=O)N(c3cccc(C(F)(F)F)c3)C2c2cccc(O)c2)ccc1Cl. The Kier molecular flexibility index (Phi) is 6.69. The van der Waals surface area contributed by atoms with Crippen molar-refractivity contribution in [2.45, 2.75) is 19.1 Å². The van der Waals surface area contributed by atoms with Gasteiger partial charge in [-0.2, -0.15) is 13.2 Å². The van der Waals surface area contributed by atoms with Crippen molar-refractivity contribution in [1.29, 1.82) is 0 Å². The minimum atomic E-state index is -4.69. The van der Waals surface area contributed by atoms with Crippen molar-refractivity contribution in [2.24, 2.45) is 0 Å². The standard InChI is InChI=1S/C26H19ClF3NO5/c1-2-36-20-12-15(9-10-19(20)27)23(33)21-22(14-5-3-8-18(32)11-14)31(25(35)24(21)34)17-7-4-6-16(13-17)26(28,29)30/h3-13,22,32-33H,2H2,1H3/b23-21+. The lowest BCUT2D eigenvalue weighted by Gasteiger charge is -2.26. The number of phenolic OH excluding ortho intramolecular Hbond substituents is 1. The molecule has 0 aliphatic carbocycles. The highest BCUT2D eigenvalue weighted by molar-refractivity contribution is 6.51. The first-order chi connectivity index (χ1) is 17.0. The molecular weight excluding hydrogens is 499 g/mol. The van der Waals surface area contributed by atoms with Crippen LogP contribution in [0.25, 0.3) is 5.76 Å². The number of hydrogen-bond donors (Lipinski definition) is 2. The Hall–Kier alpha value is -3.98. The van der Waals surface area contributed by atoms with Crippen molar-refractivity contribution in [3.63, 3.8) is 0 Å². The van der Waals surface area contributed by atoms with E-state index in [-0.39, 0.29) is 45.5 Å². The number of rotatable bonds is 5. The minimum Gasteiger partial charge on any atom is -0.508 e. The van der Waals surface area contributed by atoms with E-state index in [9.17, 15) is 33.0 Å². The zero-order chi connectivity index (χ0) is 26.2. The number of carbonyl (C=O) groups excluding carboxylic acids is 2. The zero-order valence-corrected chi connectivity index (χ0v) is 19.5. The summed E-state index contributed by atoms with van der Waals surface area (Å²) in [6.45, 7) is 2.00. The van der Waals surface area contributed by atoms with Gasteiger partial charge < -0.3 is 14.9 Å². The molecule has 4 rings (SSSR count). The Morgan fingerprint density at radius 1 is 1.06 bits per heavy atom. The van der Waals surface area contributed by atoms with Gasteiger partial charge in [0.05, 0.1) is 28.8 Å². The average molecular weight is 518 g/mol. The summed E-state index contributed by atoms with van der Waals surface area (Å²) < 4.78 is 45.6. The van der Waals surface area contributed by atoms with Crippen molar-refractivity contribution in [2.75, 3.05) is 11.5 Å². The van der Waals surface area contributed by atoms with Gasteiger partial charge in [-0.05, 0) is 61.0 Å². The zero-order valence-electron chi connectivity index (χ0n) is 18.7. The number of ketones is 1. The van der Waals surface area contributed by atoms with Gasteiger partial charge in [-0.3, -0.25) is 14.5 Å². The first kappa shape index (κ1) is 25.1. The van der Waals surface area contributed by atoms with Crippen LogP contribution in [0, 0.1) is 0 Å². The maximum Gasteiger partial charge on any atom is 0.416 e. The number of ether oxygens (including phenoxy) is 1. The van der Waals surface area contributed by atoms with Gasteiger partial charge in [-0.1, -0.05) is 29.8 Å². The van der Waals surface area contributed by atoms with E-state index in [0.717, 1.165) is 23.1 Å². The fourth-order valence-electron chi connectivity index (χ4n) is 4.01. The number of Topliss-reactive ketones (excluding diaryl/α,β-unsaturated/α-hetero) is 1. The Morgan fingerprint density at radius 2 is 1.78 bits per heavy atom. The van der Waals surface area contributed by atoms with Gasteiger partial charge in [-0.15, -0.1) is 0 Å². The summed E-state index contributed by atoms with van der Waals surface area (Å²) in [4.78, 5) is 27.2. The second kappa shape index (κ2) is 9.58. The average Bonchev–Trinajstić information content (AvgIpc) is 3.10. The molecular formula is C26H19ClF3NO5. The molecule has 10 heteroatoms. The quantitative estimate of drug-likeness (QED) is 0.243. The molecule has 186 valence electrons. The maximum absolute atomic E-state index is 13.4. The number of hydrogen-bond acceptors (Lipinski definition) is 5. The van der Waals surface area contributed by atoms with E-state index in [1.165, 1.54) is 48.5 Å². The summed E-state index contributed by atoms with van der Waals surface area (Å²) >= 11 is 6.12. The smallest absolute Gasteiger partial charge is 0.416 e. The lowest BCUT2D eigenvalue weighted by atomic mass is 9.95. The molecule has 0 saturated carbocycles. The van der Waals surface area contributed by atoms with Gasteiger partial charge in [0, 0.05) is 11.3 Å². The molecule has 1 heterocycles. The number of phenols is 1. The lowest BCUT2D eigenvalue weighted by Crippen LogP contribution is -2.29. The van der Waals surface area contributed by atoms with Crippen molar-refractivity contribution in [3.05, 3.63) is 94.0 Å². The van der Waals surface area contributed by atoms with Crippen LogP contribution in [0.5, 0.6) is 11.5 Å². The third-order valence-corrected chi connectivity index (χ3v) is 5.90. The fraction of sp³-hybridized carbons (Fsp3) is 0.154. The van der Waals surface area contributed by atoms with Crippen LogP contribution in [0.2, 0.25) is 5.02 Å². The van der Waals surface area contributed by atoms with Crippen molar-refractivity contribution >= 4 is 34.7 Å². The molecule has 1 atom stereocenters. The summed E-state index contributed by atoms with van der Waals surface area (Å²) in [6, 6.07) is 12.4. The molecule has 1 unspecified atom stereocenters. The van der Waals surface area contributed by atoms with Crippen molar-refractivity contribution in [1.82, 2.24) is 0 Å². The summed E-state index contributed by atoms with van der Waals surface area (Å²) in [7, 11) is 0. The maximum atomic E-state index is 13.4. The predicted octanol–water partition coefficient (Wildman–Crippen LogP) is 6.09. The molecule has 0 radical (unpaired) electrons. The van der Waals surface area contributed by atoms with Gasteiger partial charge in [0.25, 0.3) is 11.7 Å². The summed E-state index contributed by atoms with van der Waals surface area (Å²) in [5.41, 5.74) is -1.28. The molecule has 1 aliphatic rings. The van der Waals surface area contributed by atoms with E-state index in [4.69, 9.17) is 16.3 Å². The number of amides is 1. The van der Waals surface area contributed by atoms with E-state index in [0.29, 0.717) is 0 Å². The van der Waals surface area contributed by atoms with Crippen LogP contribution in [-0.2, 0) is 15.8 Å². The van der Waals surface area contributed by atoms with E-state index in [1.54, 1.807) is 6.92 Å². The fourth-order valence-corrected chi connectivity index (χ4v) is 4.19. The van der Waals surface area contributed by atoms with Crippen molar-refractivity contribution in [3.8, 4) is 11.5 Å². The molecule has 36 heavy (non-hydrogen) atoms. The molecule has 3 aromatic carbocycles. The summed E-state index contributed by atoms with van der Waals surface area (Å²) in [6.07, 6.45) is -4.69. The van der Waals surface area contributed by atoms with Gasteiger partial charge in [0.2, 0.25) is 0 Å². The second-order valence-corrected chi connectivity index (χ2v) is 8.30. The molecule has 1 fully saturated rings. The Bertz CT molecular complexity index is 1390. The Labute approximate surface area is 208 Å². The third kappa shape index (κ3) is 4.61. The Morgan fingerprint density at radius 3 is 2.44 bits per heavy atom. The number of carbonyl (C=O) groups is 2. The van der Waals surface area contributed by atoms with Crippen LogP contribution in [0.1, 0.15) is 29.7 Å². The van der Waals surface area contributed by atoms with Crippen LogP contribution >= 0.6 is 11.6 Å². The third-order valence-electron chi connectivity index (χ3n) is 5.59. The summed E-state index contributed by atoms with van der Waals surface area (Å²) in [5.74, 6) is -2.79. The number of benzene rings is 3. The molecule has 1 aliphatic heterocycles. The van der Waals surface area contributed by atoms with Crippen molar-refractivity contribution < 1.29 is 37.7 Å². The molecule has 2 N–H and O–H groups in total. The van der Waals surface area contributed by atoms with Crippen LogP contribution in [-0.4, -0.2) is 28.5 Å². The first-order valence-corrected chi connectivity index (χ1v) is 11.1. The highest BCUT2D eigenvalue weighted by Gasteiger charge is 2.47. The number of alkyl halides is 3. The minimum absolute atomic E-state index is 0.107. The van der Waals surface area contributed by atoms with Crippen LogP contribution < -0.4 is 9.64 Å². The number of aromatic hydroxyl groups is 1. The number of aliphatic hydroxyl groups is 1. The highest BCUT2D eigenvalue weighted by atomic mass is 35.5. The van der Waals surface area contributed by atoms with E-state index in [2.05, 4.69) is 0 Å². The molecule has 3 aromatic rings. The van der Waals surface area contributed by atoms with Gasteiger partial charge in [0.1, 0.15) is 17.3 Å². The monoisotopic (exact) mass is 517 g/mol. The van der Waals surface area contributed by atoms with E-state index >= 15 is 0 Å². The molecule has 1 saturated heterocycles. The topological polar surface area (TPSA) is 87.1 Å². The molecule has 6 nitrogen and oxygen atoms in total. The number of halogens is 4. The summed E-state index contributed by atoms with van der Waals surface area (Å²) in [5, 5.41) is 21.5. The van der Waals surface area contributed by atoms with Crippen LogP contribution in [0.4, 0.5) is 18.9 Å². The number of anilines is 1. The van der Waals surface area contributed by atoms with Gasteiger partial charge in [-0.25, -0.2) is 0 Å². The molecule has 1 amide bonds. The van der Waals surface area contributed by atoms with E-state index in [1.807, 2.05) is 0 Å². The normalized spacial score (nSPS) is 17.5. The second-order valence-electron chi connectivity index (χ2n) is 7.89.